The van der Waals surface area contributed by atoms with Gasteiger partial charge in [-0.15, -0.1) is 0 Å². The summed E-state index contributed by atoms with van der Waals surface area (Å²) in [5.74, 6) is -0.0900. The van der Waals surface area contributed by atoms with E-state index in [1.807, 2.05) is 6.92 Å². The molecule has 0 N–H and O–H groups in total. The van der Waals surface area contributed by atoms with E-state index >= 15 is 0 Å². The highest BCUT2D eigenvalue weighted by Gasteiger charge is 2.19. The quantitative estimate of drug-likeness (QED) is 0.411. The Balaban J connectivity index is 2.79. The Labute approximate surface area is 127 Å². The number of halogens is 1. The predicted molar refractivity (Wildman–Crippen MR) is 78.6 cm³/mol. The molecule has 1 atom stereocenters. The second-order valence-corrected chi connectivity index (χ2v) is 7.20. The Hall–Kier alpha value is -1.54. The zero-order valence-electron chi connectivity index (χ0n) is 11.6. The van der Waals surface area contributed by atoms with Crippen LogP contribution in [0.5, 0.6) is 11.5 Å². The minimum absolute atomic E-state index is 0.103. The van der Waals surface area contributed by atoms with Gasteiger partial charge < -0.3 is 9.47 Å². The fourth-order valence-corrected chi connectivity index (χ4v) is 3.11. The van der Waals surface area contributed by atoms with Crippen molar-refractivity contribution in [2.75, 3.05) is 19.5 Å². The molecule has 21 heavy (non-hydrogen) atoms. The summed E-state index contributed by atoms with van der Waals surface area (Å²) >= 11 is 0. The van der Waals surface area contributed by atoms with Crippen LogP contribution in [0.4, 0.5) is 5.69 Å². The normalized spacial score (nSPS) is 12.7. The van der Waals surface area contributed by atoms with Crippen molar-refractivity contribution >= 4 is 25.4 Å². The number of nitro benzene ring substituents is 1. The monoisotopic (exact) mass is 337 g/mol. The van der Waals surface area contributed by atoms with Gasteiger partial charge in [-0.2, -0.15) is 0 Å². The smallest absolute Gasteiger partial charge is 0.314 e. The highest BCUT2D eigenvalue weighted by atomic mass is 35.7. The van der Waals surface area contributed by atoms with E-state index in [-0.39, 0.29) is 35.5 Å². The Bertz CT molecular complexity index is 604. The maximum atomic E-state index is 11.0. The average molecular weight is 338 g/mol. The summed E-state index contributed by atoms with van der Waals surface area (Å²) in [6.45, 7) is 1.92. The number of nitrogens with zero attached hydrogens (tertiary/aromatic N) is 1. The van der Waals surface area contributed by atoms with E-state index in [0.29, 0.717) is 6.42 Å². The molecular weight excluding hydrogens is 322 g/mol. The van der Waals surface area contributed by atoms with E-state index in [2.05, 4.69) is 0 Å². The topological polar surface area (TPSA) is 95.7 Å². The van der Waals surface area contributed by atoms with Gasteiger partial charge in [0, 0.05) is 16.6 Å². The third-order valence-electron chi connectivity index (χ3n) is 2.84. The molecule has 1 rings (SSSR count). The lowest BCUT2D eigenvalue weighted by Crippen LogP contribution is -2.19. The highest BCUT2D eigenvalue weighted by Crippen LogP contribution is 2.31. The molecule has 7 nitrogen and oxygen atoms in total. The fraction of sp³-hybridized carbons (Fsp3) is 0.500. The summed E-state index contributed by atoms with van der Waals surface area (Å²) in [7, 11) is 2.93. The molecule has 1 aromatic carbocycles. The van der Waals surface area contributed by atoms with Gasteiger partial charge in [0.05, 0.1) is 30.5 Å². The minimum Gasteiger partial charge on any atom is -0.493 e. The van der Waals surface area contributed by atoms with E-state index in [1.165, 1.54) is 25.3 Å². The molecule has 9 heteroatoms. The first-order chi connectivity index (χ1) is 9.76. The van der Waals surface area contributed by atoms with Crippen molar-refractivity contribution in [3.05, 3.63) is 28.3 Å². The second-order valence-electron chi connectivity index (χ2n) is 4.38. The minimum atomic E-state index is -3.61. The molecule has 0 amide bonds. The Kier molecular flexibility index (Phi) is 6.22. The molecule has 0 aromatic heterocycles. The van der Waals surface area contributed by atoms with Crippen molar-refractivity contribution in [2.45, 2.75) is 13.3 Å². The van der Waals surface area contributed by atoms with Crippen LogP contribution < -0.4 is 9.47 Å². The lowest BCUT2D eigenvalue weighted by molar-refractivity contribution is -0.385. The Morgan fingerprint density at radius 1 is 1.43 bits per heavy atom. The van der Waals surface area contributed by atoms with Crippen LogP contribution in [0.2, 0.25) is 0 Å². The number of hydrogen-bond donors (Lipinski definition) is 0. The molecule has 0 aliphatic carbocycles. The van der Waals surface area contributed by atoms with Gasteiger partial charge in [0.1, 0.15) is 5.75 Å². The molecule has 0 heterocycles. The average Bonchev–Trinajstić information content (AvgIpc) is 2.41. The lowest BCUT2D eigenvalue weighted by atomic mass is 10.1. The van der Waals surface area contributed by atoms with Crippen LogP contribution in [0.1, 0.15) is 13.3 Å². The van der Waals surface area contributed by atoms with E-state index in [1.54, 1.807) is 0 Å². The van der Waals surface area contributed by atoms with Gasteiger partial charge in [0.2, 0.25) is 9.05 Å². The van der Waals surface area contributed by atoms with Gasteiger partial charge in [0.15, 0.2) is 5.75 Å². The van der Waals surface area contributed by atoms with Crippen LogP contribution in [-0.2, 0) is 9.05 Å². The van der Waals surface area contributed by atoms with Gasteiger partial charge in [-0.3, -0.25) is 10.1 Å². The van der Waals surface area contributed by atoms with E-state index in [9.17, 15) is 18.5 Å². The van der Waals surface area contributed by atoms with Crippen LogP contribution in [0.15, 0.2) is 18.2 Å². The summed E-state index contributed by atoms with van der Waals surface area (Å²) in [5, 5.41) is 10.9. The molecule has 1 aromatic rings. The van der Waals surface area contributed by atoms with Gasteiger partial charge >= 0.3 is 5.69 Å². The van der Waals surface area contributed by atoms with Crippen molar-refractivity contribution < 1.29 is 22.8 Å². The number of nitro groups is 1. The van der Waals surface area contributed by atoms with Gasteiger partial charge in [0.25, 0.3) is 0 Å². The first kappa shape index (κ1) is 17.5. The second kappa shape index (κ2) is 7.46. The zero-order chi connectivity index (χ0) is 16.0. The molecule has 0 bridgehead atoms. The highest BCUT2D eigenvalue weighted by molar-refractivity contribution is 8.13. The van der Waals surface area contributed by atoms with Gasteiger partial charge in [-0.25, -0.2) is 8.42 Å². The van der Waals surface area contributed by atoms with Crippen molar-refractivity contribution in [1.82, 2.24) is 0 Å². The summed E-state index contributed by atoms with van der Waals surface area (Å²) in [6, 6.07) is 4.18. The molecular formula is C12H16ClNO6S. The van der Waals surface area contributed by atoms with E-state index < -0.39 is 14.0 Å². The van der Waals surface area contributed by atoms with Crippen LogP contribution in [0, 0.1) is 16.0 Å². The fourth-order valence-electron chi connectivity index (χ4n) is 1.68. The van der Waals surface area contributed by atoms with Crippen molar-refractivity contribution in [3.8, 4) is 11.5 Å². The molecule has 0 aliphatic heterocycles. The molecule has 0 fully saturated rings. The number of rotatable bonds is 8. The van der Waals surface area contributed by atoms with Crippen molar-refractivity contribution in [3.63, 3.8) is 0 Å². The summed E-state index contributed by atoms with van der Waals surface area (Å²) in [5.41, 5.74) is -0.215. The number of hydrogen-bond acceptors (Lipinski definition) is 6. The summed E-state index contributed by atoms with van der Waals surface area (Å²) < 4.78 is 32.4. The molecule has 0 saturated heterocycles. The maximum absolute atomic E-state index is 11.0. The predicted octanol–water partition coefficient (Wildman–Crippen LogP) is 2.58. The molecule has 1 unspecified atom stereocenters. The molecule has 0 aliphatic rings. The molecule has 118 valence electrons. The SMILES string of the molecule is CCC(COc1ccc(OC)c([N+](=O)[O-])c1)CS(=O)(=O)Cl. The van der Waals surface area contributed by atoms with Crippen LogP contribution in [-0.4, -0.2) is 32.8 Å². The van der Waals surface area contributed by atoms with Gasteiger partial charge in [-0.05, 0) is 18.6 Å². The number of methoxy groups -OCH3 is 1. The van der Waals surface area contributed by atoms with Crippen molar-refractivity contribution in [1.29, 1.82) is 0 Å². The first-order valence-electron chi connectivity index (χ1n) is 6.14. The summed E-state index contributed by atoms with van der Waals surface area (Å²) in [6.07, 6.45) is 0.560. The molecule has 0 saturated carbocycles. The third-order valence-corrected chi connectivity index (χ3v) is 4.09. The lowest BCUT2D eigenvalue weighted by Gasteiger charge is -2.14. The Morgan fingerprint density at radius 3 is 2.57 bits per heavy atom. The first-order valence-corrected chi connectivity index (χ1v) is 8.62. The third kappa shape index (κ3) is 5.76. The standard InChI is InChI=1S/C12H16ClNO6S/c1-3-9(8-21(13,17)18)7-20-10-4-5-12(19-2)11(6-10)14(15)16/h4-6,9H,3,7-8H2,1-2H3. The molecule has 0 radical (unpaired) electrons. The van der Waals surface area contributed by atoms with Crippen LogP contribution in [0.3, 0.4) is 0 Å². The Morgan fingerprint density at radius 2 is 2.10 bits per heavy atom. The van der Waals surface area contributed by atoms with Gasteiger partial charge in [-0.1, -0.05) is 6.92 Å². The zero-order valence-corrected chi connectivity index (χ0v) is 13.2. The summed E-state index contributed by atoms with van der Waals surface area (Å²) in [4.78, 5) is 10.3. The largest absolute Gasteiger partial charge is 0.493 e. The maximum Gasteiger partial charge on any atom is 0.314 e. The molecule has 0 spiro atoms. The van der Waals surface area contributed by atoms with E-state index in [0.717, 1.165) is 0 Å². The van der Waals surface area contributed by atoms with Crippen LogP contribution in [0.25, 0.3) is 0 Å². The number of benzene rings is 1. The van der Waals surface area contributed by atoms with Crippen LogP contribution >= 0.6 is 10.7 Å². The number of ether oxygens (including phenoxy) is 2. The van der Waals surface area contributed by atoms with Crippen molar-refractivity contribution in [2.24, 2.45) is 5.92 Å². The van der Waals surface area contributed by atoms with E-state index in [4.69, 9.17) is 20.2 Å².